The number of rotatable bonds is 4. The van der Waals surface area contributed by atoms with Gasteiger partial charge in [-0.1, -0.05) is 23.8 Å². The van der Waals surface area contributed by atoms with Crippen LogP contribution >= 0.6 is 0 Å². The highest BCUT2D eigenvalue weighted by Gasteiger charge is 2.22. The Balaban J connectivity index is 1.51. The van der Waals surface area contributed by atoms with E-state index in [1.165, 1.54) is 11.1 Å². The average molecular weight is 354 g/mol. The van der Waals surface area contributed by atoms with Crippen LogP contribution in [0, 0.1) is 13.8 Å². The number of piperazine rings is 1. The van der Waals surface area contributed by atoms with Gasteiger partial charge in [0.2, 0.25) is 0 Å². The molecule has 1 saturated heterocycles. The third-order valence-electron chi connectivity index (χ3n) is 4.77. The number of urea groups is 1. The van der Waals surface area contributed by atoms with Gasteiger partial charge in [-0.15, -0.1) is 0 Å². The monoisotopic (exact) mass is 354 g/mol. The second-order valence-corrected chi connectivity index (χ2v) is 6.62. The molecule has 1 aliphatic heterocycles. The molecule has 2 amide bonds. The zero-order valence-electron chi connectivity index (χ0n) is 15.7. The van der Waals surface area contributed by atoms with Crippen LogP contribution in [-0.2, 0) is 6.54 Å². The van der Waals surface area contributed by atoms with E-state index in [1.54, 1.807) is 13.3 Å². The smallest absolute Gasteiger partial charge is 0.317 e. The molecule has 0 atom stereocenters. The van der Waals surface area contributed by atoms with Crippen molar-refractivity contribution < 1.29 is 9.53 Å². The summed E-state index contributed by atoms with van der Waals surface area (Å²) in [6, 6.07) is 10.0. The van der Waals surface area contributed by atoms with Crippen LogP contribution in [0.4, 0.5) is 10.6 Å². The molecule has 3 rings (SSSR count). The van der Waals surface area contributed by atoms with Crippen molar-refractivity contribution in [3.8, 4) is 5.75 Å². The first-order valence-electron chi connectivity index (χ1n) is 8.90. The lowest BCUT2D eigenvalue weighted by Crippen LogP contribution is -2.51. The van der Waals surface area contributed by atoms with Gasteiger partial charge in [-0.05, 0) is 31.0 Å². The number of aromatic nitrogens is 1. The van der Waals surface area contributed by atoms with E-state index in [9.17, 15) is 4.79 Å². The van der Waals surface area contributed by atoms with Crippen LogP contribution in [0.25, 0.3) is 0 Å². The van der Waals surface area contributed by atoms with E-state index >= 15 is 0 Å². The molecule has 0 radical (unpaired) electrons. The number of aryl methyl sites for hydroxylation is 2. The van der Waals surface area contributed by atoms with E-state index in [0.717, 1.165) is 30.2 Å². The highest BCUT2D eigenvalue weighted by atomic mass is 16.5. The zero-order valence-corrected chi connectivity index (χ0v) is 15.7. The van der Waals surface area contributed by atoms with Crippen LogP contribution in [0.3, 0.4) is 0 Å². The quantitative estimate of drug-likeness (QED) is 0.917. The fourth-order valence-corrected chi connectivity index (χ4v) is 3.17. The number of anilines is 1. The van der Waals surface area contributed by atoms with Crippen molar-refractivity contribution in [2.24, 2.45) is 0 Å². The third kappa shape index (κ3) is 4.25. The lowest BCUT2D eigenvalue weighted by molar-refractivity contribution is 0.194. The molecule has 6 heteroatoms. The van der Waals surface area contributed by atoms with Crippen molar-refractivity contribution in [1.82, 2.24) is 15.2 Å². The van der Waals surface area contributed by atoms with E-state index in [1.807, 2.05) is 17.0 Å². The first-order chi connectivity index (χ1) is 12.6. The van der Waals surface area contributed by atoms with Crippen molar-refractivity contribution >= 4 is 11.8 Å². The summed E-state index contributed by atoms with van der Waals surface area (Å²) in [6.07, 6.45) is 1.75. The van der Waals surface area contributed by atoms with E-state index < -0.39 is 0 Å². The second kappa shape index (κ2) is 8.08. The molecule has 0 unspecified atom stereocenters. The summed E-state index contributed by atoms with van der Waals surface area (Å²) in [7, 11) is 1.65. The molecule has 1 fully saturated rings. The normalized spacial score (nSPS) is 14.3. The average Bonchev–Trinajstić information content (AvgIpc) is 2.67. The molecule has 2 heterocycles. The van der Waals surface area contributed by atoms with E-state index in [2.05, 4.69) is 47.2 Å². The van der Waals surface area contributed by atoms with Crippen LogP contribution in [-0.4, -0.2) is 49.2 Å². The first kappa shape index (κ1) is 18.0. The van der Waals surface area contributed by atoms with Crippen molar-refractivity contribution in [3.05, 3.63) is 53.2 Å². The predicted octanol–water partition coefficient (Wildman–Crippen LogP) is 2.74. The number of pyridine rings is 1. The summed E-state index contributed by atoms with van der Waals surface area (Å²) in [5, 5.41) is 3.03. The minimum Gasteiger partial charge on any atom is -0.497 e. The van der Waals surface area contributed by atoms with Crippen molar-refractivity contribution in [2.75, 3.05) is 38.2 Å². The van der Waals surface area contributed by atoms with Gasteiger partial charge in [0, 0.05) is 45.0 Å². The fourth-order valence-electron chi connectivity index (χ4n) is 3.17. The van der Waals surface area contributed by atoms with E-state index in [0.29, 0.717) is 19.6 Å². The van der Waals surface area contributed by atoms with Gasteiger partial charge in [0.25, 0.3) is 0 Å². The number of hydrogen-bond donors (Lipinski definition) is 1. The molecule has 138 valence electrons. The molecule has 26 heavy (non-hydrogen) atoms. The molecule has 0 saturated carbocycles. The van der Waals surface area contributed by atoms with Crippen LogP contribution in [0.2, 0.25) is 0 Å². The van der Waals surface area contributed by atoms with E-state index in [4.69, 9.17) is 4.74 Å². The molecule has 1 N–H and O–H groups in total. The maximum absolute atomic E-state index is 12.5. The molecule has 6 nitrogen and oxygen atoms in total. The lowest BCUT2D eigenvalue weighted by Gasteiger charge is -2.35. The number of carbonyl (C=O) groups excluding carboxylic acids is 1. The summed E-state index contributed by atoms with van der Waals surface area (Å²) in [6.45, 7) is 7.59. The Bertz CT molecular complexity index is 770. The molecule has 0 bridgehead atoms. The van der Waals surface area contributed by atoms with Gasteiger partial charge in [0.1, 0.15) is 11.6 Å². The number of ether oxygens (including phenoxy) is 1. The van der Waals surface area contributed by atoms with Gasteiger partial charge in [-0.2, -0.15) is 0 Å². The number of hydrogen-bond acceptors (Lipinski definition) is 4. The van der Waals surface area contributed by atoms with Crippen molar-refractivity contribution in [2.45, 2.75) is 20.4 Å². The summed E-state index contributed by atoms with van der Waals surface area (Å²) >= 11 is 0. The third-order valence-corrected chi connectivity index (χ3v) is 4.77. The Morgan fingerprint density at radius 2 is 1.92 bits per heavy atom. The Hall–Kier alpha value is -2.76. The highest BCUT2D eigenvalue weighted by molar-refractivity contribution is 5.74. The minimum atomic E-state index is -0.0109. The second-order valence-electron chi connectivity index (χ2n) is 6.62. The first-order valence-corrected chi connectivity index (χ1v) is 8.90. The van der Waals surface area contributed by atoms with Gasteiger partial charge in [-0.25, -0.2) is 9.78 Å². The standard InChI is InChI=1S/C20H26N4O2/c1-15-4-5-17(16(2)12-15)14-22-20(25)24-10-8-23(9-11-24)19-13-18(26-3)6-7-21-19/h4-7,12-13H,8-11,14H2,1-3H3,(H,22,25). The summed E-state index contributed by atoms with van der Waals surface area (Å²) < 4.78 is 5.25. The molecule has 0 spiro atoms. The molecular weight excluding hydrogens is 328 g/mol. The number of methoxy groups -OCH3 is 1. The number of nitrogens with one attached hydrogen (secondary N) is 1. The highest BCUT2D eigenvalue weighted by Crippen LogP contribution is 2.19. The number of benzene rings is 1. The Labute approximate surface area is 154 Å². The van der Waals surface area contributed by atoms with E-state index in [-0.39, 0.29) is 6.03 Å². The lowest BCUT2D eigenvalue weighted by atomic mass is 10.1. The Kier molecular flexibility index (Phi) is 5.61. The number of nitrogens with zero attached hydrogens (tertiary/aromatic N) is 3. The van der Waals surface area contributed by atoms with Gasteiger partial charge < -0.3 is 19.9 Å². The van der Waals surface area contributed by atoms with Gasteiger partial charge >= 0.3 is 6.03 Å². The molecular formula is C20H26N4O2. The Morgan fingerprint density at radius 1 is 1.15 bits per heavy atom. The molecule has 1 aromatic carbocycles. The summed E-state index contributed by atoms with van der Waals surface area (Å²) in [4.78, 5) is 20.9. The zero-order chi connectivity index (χ0) is 18.5. The van der Waals surface area contributed by atoms with Crippen LogP contribution in [0.15, 0.2) is 36.5 Å². The summed E-state index contributed by atoms with van der Waals surface area (Å²) in [5.74, 6) is 1.68. The SMILES string of the molecule is COc1ccnc(N2CCN(C(=O)NCc3ccc(C)cc3C)CC2)c1. The van der Waals surface area contributed by atoms with Crippen LogP contribution in [0.1, 0.15) is 16.7 Å². The van der Waals surface area contributed by atoms with Crippen LogP contribution < -0.4 is 15.0 Å². The van der Waals surface area contributed by atoms with Crippen LogP contribution in [0.5, 0.6) is 5.75 Å². The Morgan fingerprint density at radius 3 is 2.62 bits per heavy atom. The molecule has 1 aromatic heterocycles. The van der Waals surface area contributed by atoms with Gasteiger partial charge in [0.15, 0.2) is 0 Å². The van der Waals surface area contributed by atoms with Gasteiger partial charge in [-0.3, -0.25) is 0 Å². The fraction of sp³-hybridized carbons (Fsp3) is 0.400. The minimum absolute atomic E-state index is 0.0109. The maximum Gasteiger partial charge on any atom is 0.317 e. The topological polar surface area (TPSA) is 57.7 Å². The maximum atomic E-state index is 12.5. The molecule has 1 aliphatic rings. The molecule has 2 aromatic rings. The van der Waals surface area contributed by atoms with Crippen molar-refractivity contribution in [1.29, 1.82) is 0 Å². The number of amides is 2. The largest absolute Gasteiger partial charge is 0.497 e. The van der Waals surface area contributed by atoms with Crippen molar-refractivity contribution in [3.63, 3.8) is 0 Å². The summed E-state index contributed by atoms with van der Waals surface area (Å²) in [5.41, 5.74) is 3.60. The van der Waals surface area contributed by atoms with Gasteiger partial charge in [0.05, 0.1) is 7.11 Å². The number of carbonyl (C=O) groups is 1. The molecule has 0 aliphatic carbocycles. The predicted molar refractivity (Wildman–Crippen MR) is 103 cm³/mol.